The number of aliphatic hydroxyl groups excluding tert-OH is 1. The summed E-state index contributed by atoms with van der Waals surface area (Å²) in [6, 6.07) is 8.13. The first-order valence-corrected chi connectivity index (χ1v) is 5.25. The maximum Gasteiger partial charge on any atom is 0.102 e. The van der Waals surface area contributed by atoms with Gasteiger partial charge < -0.3 is 5.11 Å². The van der Waals surface area contributed by atoms with Crippen molar-refractivity contribution in [2.75, 3.05) is 0 Å². The lowest BCUT2D eigenvalue weighted by atomic mass is 10.0. The first-order chi connectivity index (χ1) is 7.75. The van der Waals surface area contributed by atoms with Crippen molar-refractivity contribution in [1.29, 1.82) is 0 Å². The zero-order valence-corrected chi connectivity index (χ0v) is 9.17. The number of benzene rings is 1. The van der Waals surface area contributed by atoms with Crippen LogP contribution in [0.2, 0.25) is 0 Å². The van der Waals surface area contributed by atoms with E-state index in [1.54, 1.807) is 18.6 Å². The maximum absolute atomic E-state index is 9.94. The van der Waals surface area contributed by atoms with Crippen LogP contribution in [0, 0.1) is 6.92 Å². The van der Waals surface area contributed by atoms with E-state index in [1.165, 1.54) is 5.56 Å². The summed E-state index contributed by atoms with van der Waals surface area (Å²) in [6.45, 7) is 2.04. The Bertz CT molecular complexity index is 439. The van der Waals surface area contributed by atoms with Gasteiger partial charge in [0.25, 0.3) is 0 Å². The maximum atomic E-state index is 9.94. The summed E-state index contributed by atoms with van der Waals surface area (Å²) in [5, 5.41) is 9.94. The number of hydrogen-bond acceptors (Lipinski definition) is 3. The highest BCUT2D eigenvalue weighted by Gasteiger charge is 2.09. The molecular weight excluding hydrogens is 200 g/mol. The molecule has 2 rings (SSSR count). The minimum absolute atomic E-state index is 0.568. The molecule has 2 aromatic rings. The molecule has 82 valence electrons. The van der Waals surface area contributed by atoms with Gasteiger partial charge in [-0.15, -0.1) is 0 Å². The van der Waals surface area contributed by atoms with Crippen molar-refractivity contribution < 1.29 is 5.11 Å². The highest BCUT2D eigenvalue weighted by atomic mass is 16.3. The van der Waals surface area contributed by atoms with Crippen LogP contribution in [0.5, 0.6) is 0 Å². The monoisotopic (exact) mass is 214 g/mol. The predicted molar refractivity (Wildman–Crippen MR) is 61.9 cm³/mol. The number of aliphatic hydroxyl groups is 1. The van der Waals surface area contributed by atoms with E-state index < -0.39 is 6.10 Å². The molecule has 16 heavy (non-hydrogen) atoms. The van der Waals surface area contributed by atoms with E-state index in [2.05, 4.69) is 9.97 Å². The zero-order chi connectivity index (χ0) is 11.4. The highest BCUT2D eigenvalue weighted by molar-refractivity contribution is 5.22. The summed E-state index contributed by atoms with van der Waals surface area (Å²) >= 11 is 0. The first kappa shape index (κ1) is 10.8. The van der Waals surface area contributed by atoms with Crippen molar-refractivity contribution in [1.82, 2.24) is 9.97 Å². The molecule has 0 aliphatic rings. The van der Waals surface area contributed by atoms with Crippen molar-refractivity contribution in [2.45, 2.75) is 19.4 Å². The van der Waals surface area contributed by atoms with Gasteiger partial charge in [-0.1, -0.05) is 29.8 Å². The molecule has 0 aliphatic carbocycles. The lowest BCUT2D eigenvalue weighted by Gasteiger charge is -2.09. The summed E-state index contributed by atoms with van der Waals surface area (Å²) in [4.78, 5) is 8.02. The fourth-order valence-electron chi connectivity index (χ4n) is 1.53. The van der Waals surface area contributed by atoms with Gasteiger partial charge >= 0.3 is 0 Å². The Hall–Kier alpha value is -1.74. The Morgan fingerprint density at radius 3 is 2.56 bits per heavy atom. The molecule has 0 aliphatic heterocycles. The van der Waals surface area contributed by atoms with Crippen LogP contribution >= 0.6 is 0 Å². The second-order valence-corrected chi connectivity index (χ2v) is 3.84. The molecule has 0 bridgehead atoms. The molecule has 1 aromatic heterocycles. The number of aromatic nitrogens is 2. The van der Waals surface area contributed by atoms with Crippen LogP contribution in [-0.2, 0) is 6.42 Å². The average Bonchev–Trinajstić information content (AvgIpc) is 2.33. The van der Waals surface area contributed by atoms with Gasteiger partial charge in [-0.2, -0.15) is 0 Å². The van der Waals surface area contributed by atoms with Gasteiger partial charge in [0.2, 0.25) is 0 Å². The van der Waals surface area contributed by atoms with Crippen molar-refractivity contribution >= 4 is 0 Å². The van der Waals surface area contributed by atoms with Gasteiger partial charge in [0.05, 0.1) is 11.9 Å². The third-order valence-corrected chi connectivity index (χ3v) is 2.47. The van der Waals surface area contributed by atoms with Gasteiger partial charge in [0.1, 0.15) is 6.10 Å². The molecule has 0 saturated heterocycles. The molecule has 1 unspecified atom stereocenters. The number of rotatable bonds is 3. The zero-order valence-electron chi connectivity index (χ0n) is 9.17. The van der Waals surface area contributed by atoms with Gasteiger partial charge in [0, 0.05) is 18.8 Å². The number of nitrogens with zero attached hydrogens (tertiary/aromatic N) is 2. The van der Waals surface area contributed by atoms with E-state index >= 15 is 0 Å². The highest BCUT2D eigenvalue weighted by Crippen LogP contribution is 2.15. The summed E-state index contributed by atoms with van der Waals surface area (Å²) < 4.78 is 0. The second-order valence-electron chi connectivity index (χ2n) is 3.84. The molecule has 3 nitrogen and oxygen atoms in total. The molecule has 3 heteroatoms. The van der Waals surface area contributed by atoms with E-state index in [-0.39, 0.29) is 0 Å². The molecule has 0 fully saturated rings. The van der Waals surface area contributed by atoms with Crippen LogP contribution in [0.3, 0.4) is 0 Å². The molecule has 0 radical (unpaired) electrons. The van der Waals surface area contributed by atoms with Crippen molar-refractivity contribution in [3.05, 3.63) is 59.7 Å². The fourth-order valence-corrected chi connectivity index (χ4v) is 1.53. The summed E-state index contributed by atoms with van der Waals surface area (Å²) in [6.07, 6.45) is 4.77. The van der Waals surface area contributed by atoms with Gasteiger partial charge in [-0.25, -0.2) is 0 Å². The van der Waals surface area contributed by atoms with E-state index in [0.29, 0.717) is 12.1 Å². The topological polar surface area (TPSA) is 46.0 Å². The van der Waals surface area contributed by atoms with E-state index in [4.69, 9.17) is 0 Å². The molecule has 0 amide bonds. The summed E-state index contributed by atoms with van der Waals surface area (Å²) in [7, 11) is 0. The average molecular weight is 214 g/mol. The summed E-state index contributed by atoms with van der Waals surface area (Å²) in [5.41, 5.74) is 2.93. The van der Waals surface area contributed by atoms with Crippen LogP contribution in [0.4, 0.5) is 0 Å². The predicted octanol–water partition coefficient (Wildman–Crippen LogP) is 2.06. The Kier molecular flexibility index (Phi) is 3.27. The van der Waals surface area contributed by atoms with Gasteiger partial charge in [-0.05, 0) is 12.5 Å². The Labute approximate surface area is 94.8 Å². The Balaban J connectivity index is 2.08. The summed E-state index contributed by atoms with van der Waals surface area (Å²) in [5.74, 6) is 0. The molecular formula is C13H14N2O. The SMILES string of the molecule is Cc1ccc(CC(O)c2cnccn2)cc1. The molecule has 1 atom stereocenters. The molecule has 1 aromatic carbocycles. The quantitative estimate of drug-likeness (QED) is 0.850. The smallest absolute Gasteiger partial charge is 0.102 e. The van der Waals surface area contributed by atoms with Crippen molar-refractivity contribution in [3.8, 4) is 0 Å². The standard InChI is InChI=1S/C13H14N2O/c1-10-2-4-11(5-3-10)8-13(16)12-9-14-6-7-15-12/h2-7,9,13,16H,8H2,1H3. The lowest BCUT2D eigenvalue weighted by Crippen LogP contribution is -2.04. The number of aryl methyl sites for hydroxylation is 1. The van der Waals surface area contributed by atoms with E-state index in [9.17, 15) is 5.11 Å². The molecule has 0 saturated carbocycles. The minimum Gasteiger partial charge on any atom is -0.386 e. The second kappa shape index (κ2) is 4.86. The largest absolute Gasteiger partial charge is 0.386 e. The van der Waals surface area contributed by atoms with Gasteiger partial charge in [-0.3, -0.25) is 9.97 Å². The Morgan fingerprint density at radius 1 is 1.19 bits per heavy atom. The van der Waals surface area contributed by atoms with E-state index in [1.807, 2.05) is 31.2 Å². The van der Waals surface area contributed by atoms with E-state index in [0.717, 1.165) is 5.56 Å². The third kappa shape index (κ3) is 2.64. The van der Waals surface area contributed by atoms with Crippen LogP contribution in [-0.4, -0.2) is 15.1 Å². The van der Waals surface area contributed by atoms with Gasteiger partial charge in [0.15, 0.2) is 0 Å². The van der Waals surface area contributed by atoms with Crippen LogP contribution in [0.25, 0.3) is 0 Å². The minimum atomic E-state index is -0.587. The van der Waals surface area contributed by atoms with Crippen molar-refractivity contribution in [3.63, 3.8) is 0 Å². The van der Waals surface area contributed by atoms with Crippen LogP contribution in [0.15, 0.2) is 42.9 Å². The normalized spacial score (nSPS) is 12.4. The molecule has 1 heterocycles. The number of hydrogen-bond donors (Lipinski definition) is 1. The Morgan fingerprint density at radius 2 is 1.94 bits per heavy atom. The van der Waals surface area contributed by atoms with Crippen LogP contribution < -0.4 is 0 Å². The lowest BCUT2D eigenvalue weighted by molar-refractivity contribution is 0.173. The van der Waals surface area contributed by atoms with Crippen molar-refractivity contribution in [2.24, 2.45) is 0 Å². The van der Waals surface area contributed by atoms with Crippen LogP contribution in [0.1, 0.15) is 22.9 Å². The fraction of sp³-hybridized carbons (Fsp3) is 0.231. The molecule has 0 spiro atoms. The first-order valence-electron chi connectivity index (χ1n) is 5.25. The molecule has 1 N–H and O–H groups in total. The third-order valence-electron chi connectivity index (χ3n) is 2.47.